The second kappa shape index (κ2) is 4.67. The van der Waals surface area contributed by atoms with E-state index in [2.05, 4.69) is 4.98 Å². The van der Waals surface area contributed by atoms with Crippen LogP contribution in [0.5, 0.6) is 0 Å². The molecule has 0 unspecified atom stereocenters. The summed E-state index contributed by atoms with van der Waals surface area (Å²) in [7, 11) is 0. The summed E-state index contributed by atoms with van der Waals surface area (Å²) in [6.07, 6.45) is 6.10. The summed E-state index contributed by atoms with van der Waals surface area (Å²) in [6, 6.07) is 3.54. The van der Waals surface area contributed by atoms with Gasteiger partial charge in [0.25, 0.3) is 0 Å². The molecule has 1 aliphatic rings. The minimum absolute atomic E-state index is 0.151. The minimum atomic E-state index is -0.999. The molecule has 0 atom stereocenters. The molecule has 0 saturated heterocycles. The van der Waals surface area contributed by atoms with Crippen LogP contribution in [0.4, 0.5) is 5.69 Å². The van der Waals surface area contributed by atoms with Gasteiger partial charge in [-0.15, -0.1) is 0 Å². The van der Waals surface area contributed by atoms with Crippen LogP contribution in [0.25, 0.3) is 5.69 Å². The molecule has 0 fully saturated rings. The van der Waals surface area contributed by atoms with E-state index in [1.54, 1.807) is 12.4 Å². The highest BCUT2D eigenvalue weighted by Crippen LogP contribution is 2.27. The molecule has 0 radical (unpaired) electrons. The molecule has 1 heterocycles. The molecule has 0 saturated carbocycles. The van der Waals surface area contributed by atoms with Gasteiger partial charge in [-0.05, 0) is 50.3 Å². The fraction of sp³-hybridized carbons (Fsp3) is 0.333. The maximum absolute atomic E-state index is 11.3. The Balaban J connectivity index is 2.15. The number of carboxylic acid groups (broad SMARTS) is 1. The smallest absolute Gasteiger partial charge is 0.337 e. The van der Waals surface area contributed by atoms with E-state index < -0.39 is 5.97 Å². The van der Waals surface area contributed by atoms with Crippen LogP contribution in [-0.2, 0) is 12.8 Å². The van der Waals surface area contributed by atoms with Crippen LogP contribution < -0.4 is 5.73 Å². The van der Waals surface area contributed by atoms with E-state index in [0.29, 0.717) is 5.69 Å². The van der Waals surface area contributed by atoms with Crippen LogP contribution in [0.3, 0.4) is 0 Å². The highest BCUT2D eigenvalue weighted by atomic mass is 16.4. The molecule has 1 aromatic heterocycles. The van der Waals surface area contributed by atoms with Gasteiger partial charge in [-0.3, -0.25) is 0 Å². The summed E-state index contributed by atoms with van der Waals surface area (Å²) in [5, 5.41) is 9.25. The quantitative estimate of drug-likeness (QED) is 0.821. The van der Waals surface area contributed by atoms with Crippen molar-refractivity contribution in [2.24, 2.45) is 0 Å². The first-order valence-corrected chi connectivity index (χ1v) is 6.77. The first-order valence-electron chi connectivity index (χ1n) is 6.77. The van der Waals surface area contributed by atoms with Crippen molar-refractivity contribution in [3.63, 3.8) is 0 Å². The zero-order chi connectivity index (χ0) is 14.3. The number of imidazole rings is 1. The number of aromatic nitrogens is 2. The number of benzene rings is 1. The first kappa shape index (κ1) is 12.7. The molecule has 2 aromatic rings. The monoisotopic (exact) mass is 271 g/mol. The maximum atomic E-state index is 11.3. The Morgan fingerprint density at radius 2 is 2.10 bits per heavy atom. The molecule has 0 amide bonds. The van der Waals surface area contributed by atoms with Gasteiger partial charge in [-0.25, -0.2) is 9.78 Å². The zero-order valence-electron chi connectivity index (χ0n) is 11.4. The van der Waals surface area contributed by atoms with Crippen LogP contribution in [0.1, 0.15) is 40.2 Å². The lowest BCUT2D eigenvalue weighted by Crippen LogP contribution is -2.10. The highest BCUT2D eigenvalue weighted by molar-refractivity contribution is 5.95. The van der Waals surface area contributed by atoms with E-state index in [-0.39, 0.29) is 5.56 Å². The number of carboxylic acids is 1. The van der Waals surface area contributed by atoms with Crippen molar-refractivity contribution in [2.45, 2.75) is 32.6 Å². The first-order chi connectivity index (χ1) is 9.58. The van der Waals surface area contributed by atoms with E-state index in [4.69, 9.17) is 5.73 Å². The Morgan fingerprint density at radius 1 is 1.35 bits per heavy atom. The third-order valence-electron chi connectivity index (χ3n) is 3.91. The van der Waals surface area contributed by atoms with Crippen molar-refractivity contribution in [2.75, 3.05) is 5.73 Å². The van der Waals surface area contributed by atoms with Crippen LogP contribution in [0, 0.1) is 6.92 Å². The van der Waals surface area contributed by atoms with Gasteiger partial charge in [-0.2, -0.15) is 0 Å². The second-order valence-corrected chi connectivity index (χ2v) is 5.24. The lowest BCUT2D eigenvalue weighted by molar-refractivity contribution is 0.0698. The number of fused-ring (bicyclic) bond motifs is 1. The molecule has 20 heavy (non-hydrogen) atoms. The van der Waals surface area contributed by atoms with Gasteiger partial charge >= 0.3 is 5.97 Å². The number of aryl methyl sites for hydroxylation is 2. The number of aromatic carboxylic acids is 1. The lowest BCUT2D eigenvalue weighted by Gasteiger charge is -2.15. The minimum Gasteiger partial charge on any atom is -0.478 e. The van der Waals surface area contributed by atoms with Gasteiger partial charge in [0.05, 0.1) is 17.6 Å². The zero-order valence-corrected chi connectivity index (χ0v) is 11.4. The molecule has 3 rings (SSSR count). The van der Waals surface area contributed by atoms with E-state index >= 15 is 0 Å². The Kier molecular flexibility index (Phi) is 2.97. The van der Waals surface area contributed by atoms with E-state index in [9.17, 15) is 9.90 Å². The van der Waals surface area contributed by atoms with Gasteiger partial charge in [-0.1, -0.05) is 0 Å². The largest absolute Gasteiger partial charge is 0.478 e. The Morgan fingerprint density at radius 3 is 2.85 bits per heavy atom. The third-order valence-corrected chi connectivity index (χ3v) is 3.91. The van der Waals surface area contributed by atoms with Gasteiger partial charge in [0, 0.05) is 17.1 Å². The van der Waals surface area contributed by atoms with Gasteiger partial charge in [0.2, 0.25) is 0 Å². The average molecular weight is 271 g/mol. The number of nitrogens with zero attached hydrogens (tertiary/aromatic N) is 2. The van der Waals surface area contributed by atoms with Crippen molar-refractivity contribution in [3.05, 3.63) is 41.0 Å². The normalized spacial score (nSPS) is 14.1. The number of nitrogen functional groups attached to an aromatic ring is 1. The maximum Gasteiger partial charge on any atom is 0.337 e. The number of nitrogens with two attached hydrogens (primary N) is 1. The molecule has 0 aliphatic heterocycles. The Hall–Kier alpha value is -2.30. The summed E-state index contributed by atoms with van der Waals surface area (Å²) < 4.78 is 1.99. The molecular weight excluding hydrogens is 254 g/mol. The number of hydrogen-bond acceptors (Lipinski definition) is 3. The van der Waals surface area contributed by atoms with Crippen LogP contribution in [-0.4, -0.2) is 20.6 Å². The fourth-order valence-electron chi connectivity index (χ4n) is 2.79. The summed E-state index contributed by atoms with van der Waals surface area (Å²) in [4.78, 5) is 15.7. The van der Waals surface area contributed by atoms with Crippen molar-refractivity contribution < 1.29 is 9.90 Å². The van der Waals surface area contributed by atoms with Crippen molar-refractivity contribution >= 4 is 11.7 Å². The number of anilines is 1. The molecule has 1 aromatic carbocycles. The molecule has 0 bridgehead atoms. The molecular formula is C15H17N3O2. The fourth-order valence-corrected chi connectivity index (χ4v) is 2.79. The van der Waals surface area contributed by atoms with Crippen LogP contribution >= 0.6 is 0 Å². The molecule has 5 nitrogen and oxygen atoms in total. The van der Waals surface area contributed by atoms with Gasteiger partial charge in [0.15, 0.2) is 0 Å². The molecule has 1 aliphatic carbocycles. The molecule has 3 N–H and O–H groups in total. The van der Waals surface area contributed by atoms with Crippen LogP contribution in [0.2, 0.25) is 0 Å². The topological polar surface area (TPSA) is 81.1 Å². The Bertz CT molecular complexity index is 689. The van der Waals surface area contributed by atoms with Gasteiger partial charge < -0.3 is 15.4 Å². The average Bonchev–Trinajstić information content (AvgIpc) is 2.85. The van der Waals surface area contributed by atoms with Crippen molar-refractivity contribution in [1.82, 2.24) is 9.55 Å². The summed E-state index contributed by atoms with van der Waals surface area (Å²) in [5.41, 5.74) is 10.2. The summed E-state index contributed by atoms with van der Waals surface area (Å²) in [6.45, 7) is 1.83. The number of carbonyl (C=O) groups is 1. The van der Waals surface area contributed by atoms with Crippen molar-refractivity contribution in [3.8, 4) is 5.69 Å². The number of hydrogen-bond donors (Lipinski definition) is 2. The van der Waals surface area contributed by atoms with E-state index in [1.807, 2.05) is 17.6 Å². The standard InChI is InChI=1S/C15H17N3O2/c1-9-6-10(7-11(14(9)16)15(19)20)18-8-17-12-4-2-3-5-13(12)18/h6-8H,2-5,16H2,1H3,(H,19,20). The third kappa shape index (κ3) is 1.95. The predicted molar refractivity (Wildman–Crippen MR) is 76.3 cm³/mol. The highest BCUT2D eigenvalue weighted by Gasteiger charge is 2.18. The lowest BCUT2D eigenvalue weighted by atomic mass is 10.0. The Labute approximate surface area is 117 Å². The summed E-state index contributed by atoms with van der Waals surface area (Å²) >= 11 is 0. The van der Waals surface area contributed by atoms with Crippen molar-refractivity contribution in [1.29, 1.82) is 0 Å². The predicted octanol–water partition coefficient (Wildman–Crippen LogP) is 2.34. The number of rotatable bonds is 2. The van der Waals surface area contributed by atoms with E-state index in [0.717, 1.165) is 36.2 Å². The molecule has 104 valence electrons. The molecule has 0 spiro atoms. The summed E-state index contributed by atoms with van der Waals surface area (Å²) in [5.74, 6) is -0.999. The molecule has 5 heteroatoms. The second-order valence-electron chi connectivity index (χ2n) is 5.24. The van der Waals surface area contributed by atoms with E-state index in [1.165, 1.54) is 12.1 Å². The SMILES string of the molecule is Cc1cc(-n2cnc3c2CCCC3)cc(C(=O)O)c1N. The van der Waals surface area contributed by atoms with Crippen LogP contribution in [0.15, 0.2) is 18.5 Å². The van der Waals surface area contributed by atoms with Gasteiger partial charge in [0.1, 0.15) is 0 Å².